The Morgan fingerprint density at radius 3 is 2.55 bits per heavy atom. The van der Waals surface area contributed by atoms with Gasteiger partial charge in [-0.25, -0.2) is 0 Å². The van der Waals surface area contributed by atoms with Gasteiger partial charge in [-0.2, -0.15) is 0 Å². The Morgan fingerprint density at radius 1 is 1.12 bits per heavy atom. The average Bonchev–Trinajstić information content (AvgIpc) is 2.79. The lowest BCUT2D eigenvalue weighted by molar-refractivity contribution is 0.0608. The summed E-state index contributed by atoms with van der Waals surface area (Å²) < 4.78 is 1.81. The SMILES string of the molecule is CC(C)CCNC(=O)c1cn(CC(C)C)cc(C(=O)N2CCCCC2c2cccnc2)c1=O. The number of carbonyl (C=O) groups excluding carboxylic acids is 2. The van der Waals surface area contributed by atoms with Crippen molar-refractivity contribution >= 4 is 11.8 Å². The molecule has 2 aromatic heterocycles. The third-order valence-corrected chi connectivity index (χ3v) is 5.97. The topological polar surface area (TPSA) is 84.3 Å². The Kier molecular flexibility index (Phi) is 8.42. The first-order chi connectivity index (χ1) is 15.8. The average molecular weight is 453 g/mol. The normalized spacial score (nSPS) is 16.3. The van der Waals surface area contributed by atoms with Crippen LogP contribution in [0.2, 0.25) is 0 Å². The summed E-state index contributed by atoms with van der Waals surface area (Å²) in [7, 11) is 0. The molecule has 1 saturated heterocycles. The van der Waals surface area contributed by atoms with Gasteiger partial charge in [0.1, 0.15) is 11.1 Å². The van der Waals surface area contributed by atoms with Crippen molar-refractivity contribution in [3.8, 4) is 0 Å². The van der Waals surface area contributed by atoms with Gasteiger partial charge in [0.15, 0.2) is 0 Å². The van der Waals surface area contributed by atoms with Gasteiger partial charge in [0.05, 0.1) is 6.04 Å². The van der Waals surface area contributed by atoms with E-state index in [0.717, 1.165) is 31.2 Å². The Bertz CT molecular complexity index is 1010. The minimum absolute atomic E-state index is 0.0280. The summed E-state index contributed by atoms with van der Waals surface area (Å²) in [5.74, 6) is 0.00269. The van der Waals surface area contributed by atoms with Crippen LogP contribution in [-0.2, 0) is 6.54 Å². The van der Waals surface area contributed by atoms with Crippen molar-refractivity contribution < 1.29 is 9.59 Å². The molecule has 0 radical (unpaired) electrons. The lowest BCUT2D eigenvalue weighted by atomic mass is 9.95. The van der Waals surface area contributed by atoms with E-state index < -0.39 is 11.3 Å². The van der Waals surface area contributed by atoms with E-state index in [2.05, 4.69) is 38.0 Å². The Labute approximate surface area is 196 Å². The molecule has 7 heteroatoms. The van der Waals surface area contributed by atoms with E-state index >= 15 is 0 Å². The molecule has 2 amide bonds. The molecule has 1 aliphatic rings. The van der Waals surface area contributed by atoms with Crippen LogP contribution < -0.4 is 10.7 Å². The van der Waals surface area contributed by atoms with E-state index in [4.69, 9.17) is 0 Å². The summed E-state index contributed by atoms with van der Waals surface area (Å²) >= 11 is 0. The number of nitrogens with zero attached hydrogens (tertiary/aromatic N) is 3. The van der Waals surface area contributed by atoms with Crippen molar-refractivity contribution in [2.75, 3.05) is 13.1 Å². The largest absolute Gasteiger partial charge is 0.352 e. The molecule has 0 saturated carbocycles. The minimum atomic E-state index is -0.502. The third kappa shape index (κ3) is 6.30. The van der Waals surface area contributed by atoms with E-state index in [1.807, 2.05) is 12.1 Å². The smallest absolute Gasteiger partial charge is 0.259 e. The molecular formula is C26H36N4O3. The molecule has 0 bridgehead atoms. The summed E-state index contributed by atoms with van der Waals surface area (Å²) in [6, 6.07) is 3.71. The molecule has 1 unspecified atom stereocenters. The molecule has 0 aliphatic carbocycles. The molecule has 1 aliphatic heterocycles. The lowest BCUT2D eigenvalue weighted by Crippen LogP contribution is -2.42. The van der Waals surface area contributed by atoms with Gasteiger partial charge in [-0.3, -0.25) is 19.4 Å². The first-order valence-corrected chi connectivity index (χ1v) is 12.0. The molecule has 1 N–H and O–H groups in total. The van der Waals surface area contributed by atoms with Crippen molar-refractivity contribution in [2.24, 2.45) is 11.8 Å². The van der Waals surface area contributed by atoms with Crippen molar-refractivity contribution in [2.45, 2.75) is 66.0 Å². The summed E-state index contributed by atoms with van der Waals surface area (Å²) in [5, 5.41) is 2.85. The Balaban J connectivity index is 1.96. The van der Waals surface area contributed by atoms with Crippen LogP contribution in [-0.4, -0.2) is 39.4 Å². The van der Waals surface area contributed by atoms with Crippen LogP contribution in [0.5, 0.6) is 0 Å². The van der Waals surface area contributed by atoms with Gasteiger partial charge in [-0.05, 0) is 49.1 Å². The number of hydrogen-bond donors (Lipinski definition) is 1. The first kappa shape index (κ1) is 24.7. The number of rotatable bonds is 8. The number of carbonyl (C=O) groups is 2. The number of piperidine rings is 1. The highest BCUT2D eigenvalue weighted by Gasteiger charge is 2.31. The standard InChI is InChI=1S/C26H36N4O3/c1-18(2)10-12-28-25(32)21-16-29(15-19(3)4)17-22(24(21)31)26(33)30-13-6-5-9-23(30)20-8-7-11-27-14-20/h7-8,11,14,16-19,23H,5-6,9-10,12-13,15H2,1-4H3,(H,28,32). The second kappa shape index (κ2) is 11.3. The van der Waals surface area contributed by atoms with Gasteiger partial charge in [0, 0.05) is 44.4 Å². The third-order valence-electron chi connectivity index (χ3n) is 5.97. The van der Waals surface area contributed by atoms with Crippen LogP contribution in [0.1, 0.15) is 85.7 Å². The number of nitrogens with one attached hydrogen (secondary N) is 1. The number of likely N-dealkylation sites (tertiary alicyclic amines) is 1. The summed E-state index contributed by atoms with van der Waals surface area (Å²) in [6.07, 6.45) is 10.2. The van der Waals surface area contributed by atoms with Crippen LogP contribution in [0.15, 0.2) is 41.7 Å². The van der Waals surface area contributed by atoms with Crippen LogP contribution in [0.4, 0.5) is 0 Å². The zero-order valence-electron chi connectivity index (χ0n) is 20.2. The predicted octanol–water partition coefficient (Wildman–Crippen LogP) is 4.04. The maximum absolute atomic E-state index is 13.7. The fourth-order valence-electron chi connectivity index (χ4n) is 4.29. The van der Waals surface area contributed by atoms with Gasteiger partial charge >= 0.3 is 0 Å². The number of pyridine rings is 2. The van der Waals surface area contributed by atoms with Gasteiger partial charge in [0.25, 0.3) is 11.8 Å². The van der Waals surface area contributed by atoms with E-state index in [1.165, 1.54) is 0 Å². The molecule has 0 aromatic carbocycles. The number of amides is 2. The summed E-state index contributed by atoms with van der Waals surface area (Å²) in [6.45, 7) is 9.96. The highest BCUT2D eigenvalue weighted by Crippen LogP contribution is 2.31. The summed E-state index contributed by atoms with van der Waals surface area (Å²) in [5.41, 5.74) is 0.552. The number of aromatic nitrogens is 2. The predicted molar refractivity (Wildman–Crippen MR) is 129 cm³/mol. The quantitative estimate of drug-likeness (QED) is 0.655. The van der Waals surface area contributed by atoms with Crippen LogP contribution >= 0.6 is 0 Å². The van der Waals surface area contributed by atoms with Crippen LogP contribution in [0.3, 0.4) is 0 Å². The van der Waals surface area contributed by atoms with Crippen molar-refractivity contribution in [3.05, 3.63) is 63.8 Å². The zero-order chi connectivity index (χ0) is 24.0. The molecule has 0 spiro atoms. The van der Waals surface area contributed by atoms with Crippen LogP contribution in [0.25, 0.3) is 0 Å². The van der Waals surface area contributed by atoms with Gasteiger partial charge in [0.2, 0.25) is 5.43 Å². The fourth-order valence-corrected chi connectivity index (χ4v) is 4.29. The highest BCUT2D eigenvalue weighted by molar-refractivity contribution is 5.99. The van der Waals surface area contributed by atoms with Gasteiger partial charge in [-0.1, -0.05) is 33.8 Å². The molecule has 3 rings (SSSR count). The van der Waals surface area contributed by atoms with Crippen molar-refractivity contribution in [1.82, 2.24) is 19.8 Å². The lowest BCUT2D eigenvalue weighted by Gasteiger charge is -2.36. The van der Waals surface area contributed by atoms with Crippen LogP contribution in [0, 0.1) is 11.8 Å². The molecule has 3 heterocycles. The van der Waals surface area contributed by atoms with Gasteiger partial charge < -0.3 is 14.8 Å². The Morgan fingerprint density at radius 2 is 1.88 bits per heavy atom. The van der Waals surface area contributed by atoms with Crippen molar-refractivity contribution in [3.63, 3.8) is 0 Å². The Hall–Kier alpha value is -2.96. The fraction of sp³-hybridized carbons (Fsp3) is 0.538. The molecule has 1 atom stereocenters. The van der Waals surface area contributed by atoms with E-state index in [9.17, 15) is 14.4 Å². The zero-order valence-corrected chi connectivity index (χ0v) is 20.2. The molecular weight excluding hydrogens is 416 g/mol. The number of hydrogen-bond acceptors (Lipinski definition) is 4. The molecule has 1 fully saturated rings. The maximum Gasteiger partial charge on any atom is 0.259 e. The van der Waals surface area contributed by atoms with E-state index in [1.54, 1.807) is 34.3 Å². The van der Waals surface area contributed by atoms with Gasteiger partial charge in [-0.15, -0.1) is 0 Å². The van der Waals surface area contributed by atoms with E-state index in [-0.39, 0.29) is 23.1 Å². The molecule has 7 nitrogen and oxygen atoms in total. The first-order valence-electron chi connectivity index (χ1n) is 12.0. The summed E-state index contributed by atoms with van der Waals surface area (Å²) in [4.78, 5) is 45.9. The maximum atomic E-state index is 13.7. The highest BCUT2D eigenvalue weighted by atomic mass is 16.2. The molecule has 178 valence electrons. The minimum Gasteiger partial charge on any atom is -0.352 e. The second-order valence-corrected chi connectivity index (χ2v) is 9.74. The second-order valence-electron chi connectivity index (χ2n) is 9.74. The molecule has 2 aromatic rings. The monoisotopic (exact) mass is 452 g/mol. The molecule has 33 heavy (non-hydrogen) atoms. The van der Waals surface area contributed by atoms with Crippen molar-refractivity contribution in [1.29, 1.82) is 0 Å². The van der Waals surface area contributed by atoms with E-state index in [0.29, 0.717) is 31.5 Å².